The van der Waals surface area contributed by atoms with Crippen LogP contribution in [0.5, 0.6) is 5.75 Å². The van der Waals surface area contributed by atoms with Crippen LogP contribution in [0.15, 0.2) is 66.7 Å². The molecule has 0 amide bonds. The number of hydrogen-bond acceptors (Lipinski definition) is 3. The van der Waals surface area contributed by atoms with E-state index in [4.69, 9.17) is 16.3 Å². The van der Waals surface area contributed by atoms with Gasteiger partial charge in [-0.15, -0.1) is 0 Å². The Labute approximate surface area is 173 Å². The predicted molar refractivity (Wildman–Crippen MR) is 114 cm³/mol. The number of imidazole rings is 1. The van der Waals surface area contributed by atoms with Gasteiger partial charge in [-0.05, 0) is 30.3 Å². The molecule has 4 rings (SSSR count). The van der Waals surface area contributed by atoms with E-state index in [1.165, 1.54) is 12.1 Å². The molecule has 1 aromatic heterocycles. The molecule has 0 saturated heterocycles. The fourth-order valence-corrected chi connectivity index (χ4v) is 3.36. The third-order valence-electron chi connectivity index (χ3n) is 4.66. The zero-order valence-electron chi connectivity index (χ0n) is 15.8. The largest absolute Gasteiger partial charge is 0.489 e. The monoisotopic (exact) mass is 409 g/mol. The summed E-state index contributed by atoms with van der Waals surface area (Å²) in [5, 5.41) is 3.80. The second kappa shape index (κ2) is 9.07. The first-order valence-corrected chi connectivity index (χ1v) is 9.86. The van der Waals surface area contributed by atoms with Crippen molar-refractivity contribution in [1.82, 2.24) is 15.3 Å². The van der Waals surface area contributed by atoms with Crippen LogP contribution in [0, 0.1) is 5.82 Å². The number of nitrogens with zero attached hydrogens (tertiary/aromatic N) is 1. The summed E-state index contributed by atoms with van der Waals surface area (Å²) in [7, 11) is 0. The lowest BCUT2D eigenvalue weighted by molar-refractivity contribution is 0.302. The summed E-state index contributed by atoms with van der Waals surface area (Å²) in [5.74, 6) is 1.39. The van der Waals surface area contributed by atoms with Crippen molar-refractivity contribution in [3.05, 3.63) is 94.5 Å². The van der Waals surface area contributed by atoms with E-state index in [9.17, 15) is 4.39 Å². The summed E-state index contributed by atoms with van der Waals surface area (Å²) < 4.78 is 19.1. The number of para-hydroxylation sites is 3. The molecule has 4 aromatic rings. The molecule has 0 fully saturated rings. The Hall–Kier alpha value is -2.89. The molecule has 0 saturated carbocycles. The number of fused-ring (bicyclic) bond motifs is 1. The minimum atomic E-state index is -0.354. The van der Waals surface area contributed by atoms with Gasteiger partial charge in [0.2, 0.25) is 0 Å². The van der Waals surface area contributed by atoms with Crippen molar-refractivity contribution in [2.24, 2.45) is 0 Å². The number of rotatable bonds is 8. The van der Waals surface area contributed by atoms with Crippen molar-refractivity contribution < 1.29 is 9.13 Å². The highest BCUT2D eigenvalue weighted by molar-refractivity contribution is 6.31. The molecule has 148 valence electrons. The number of ether oxygens (including phenoxy) is 1. The van der Waals surface area contributed by atoms with E-state index in [0.717, 1.165) is 46.7 Å². The maximum atomic E-state index is 13.2. The van der Waals surface area contributed by atoms with Gasteiger partial charge in [0, 0.05) is 30.6 Å². The van der Waals surface area contributed by atoms with E-state index in [-0.39, 0.29) is 12.4 Å². The SMILES string of the molecule is Fc1ccc(COc2ccccc2CNCCc2nc3ccccc3[nH]2)c(Cl)c1. The van der Waals surface area contributed by atoms with Gasteiger partial charge in [0.1, 0.15) is 24.0 Å². The van der Waals surface area contributed by atoms with Gasteiger partial charge in [-0.2, -0.15) is 0 Å². The second-order valence-electron chi connectivity index (χ2n) is 6.76. The highest BCUT2D eigenvalue weighted by atomic mass is 35.5. The molecular formula is C23H21ClFN3O. The predicted octanol–water partition coefficient (Wildman–Crippen LogP) is 5.27. The van der Waals surface area contributed by atoms with E-state index >= 15 is 0 Å². The second-order valence-corrected chi connectivity index (χ2v) is 7.17. The molecule has 29 heavy (non-hydrogen) atoms. The van der Waals surface area contributed by atoms with Crippen LogP contribution in [0.25, 0.3) is 11.0 Å². The summed E-state index contributed by atoms with van der Waals surface area (Å²) in [6.45, 7) is 1.75. The number of aromatic amines is 1. The normalized spacial score (nSPS) is 11.1. The Balaban J connectivity index is 1.32. The van der Waals surface area contributed by atoms with Crippen molar-refractivity contribution >= 4 is 22.6 Å². The Morgan fingerprint density at radius 2 is 1.83 bits per heavy atom. The average Bonchev–Trinajstić information content (AvgIpc) is 3.14. The van der Waals surface area contributed by atoms with Crippen LogP contribution in [0.1, 0.15) is 17.0 Å². The van der Waals surface area contributed by atoms with Crippen LogP contribution in [-0.4, -0.2) is 16.5 Å². The number of hydrogen-bond donors (Lipinski definition) is 2. The van der Waals surface area contributed by atoms with Crippen LogP contribution >= 0.6 is 11.6 Å². The Morgan fingerprint density at radius 3 is 2.69 bits per heavy atom. The Kier molecular flexibility index (Phi) is 6.08. The smallest absolute Gasteiger partial charge is 0.124 e. The molecule has 0 bridgehead atoms. The van der Waals surface area contributed by atoms with Crippen LogP contribution in [-0.2, 0) is 19.6 Å². The molecule has 0 unspecified atom stereocenters. The molecule has 0 aliphatic carbocycles. The molecule has 4 nitrogen and oxygen atoms in total. The maximum absolute atomic E-state index is 13.2. The van der Waals surface area contributed by atoms with Crippen molar-refractivity contribution in [1.29, 1.82) is 0 Å². The van der Waals surface area contributed by atoms with E-state index in [2.05, 4.69) is 15.3 Å². The number of halogens is 2. The number of benzene rings is 3. The van der Waals surface area contributed by atoms with Crippen molar-refractivity contribution in [2.45, 2.75) is 19.6 Å². The molecular weight excluding hydrogens is 389 g/mol. The van der Waals surface area contributed by atoms with Crippen LogP contribution in [0.3, 0.4) is 0 Å². The first kappa shape index (κ1) is 19.4. The van der Waals surface area contributed by atoms with Gasteiger partial charge in [-0.25, -0.2) is 9.37 Å². The summed E-state index contributed by atoms with van der Waals surface area (Å²) >= 11 is 6.08. The van der Waals surface area contributed by atoms with Gasteiger partial charge in [0.05, 0.1) is 16.1 Å². The van der Waals surface area contributed by atoms with Crippen molar-refractivity contribution in [3.63, 3.8) is 0 Å². The third kappa shape index (κ3) is 4.94. The summed E-state index contributed by atoms with van der Waals surface area (Å²) in [6, 6.07) is 20.2. The molecule has 0 aliphatic rings. The number of H-pyrrole nitrogens is 1. The first-order valence-electron chi connectivity index (χ1n) is 9.48. The fourth-order valence-electron chi connectivity index (χ4n) is 3.14. The van der Waals surface area contributed by atoms with Crippen LogP contribution in [0.2, 0.25) is 5.02 Å². The molecule has 0 atom stereocenters. The van der Waals surface area contributed by atoms with Crippen LogP contribution < -0.4 is 10.1 Å². The molecule has 0 radical (unpaired) electrons. The summed E-state index contributed by atoms with van der Waals surface area (Å²) in [4.78, 5) is 7.93. The van der Waals surface area contributed by atoms with Gasteiger partial charge < -0.3 is 15.0 Å². The zero-order valence-corrected chi connectivity index (χ0v) is 16.5. The van der Waals surface area contributed by atoms with Gasteiger partial charge in [-0.1, -0.05) is 48.0 Å². The fraction of sp³-hybridized carbons (Fsp3) is 0.174. The molecule has 2 N–H and O–H groups in total. The lowest BCUT2D eigenvalue weighted by Gasteiger charge is -2.13. The summed E-state index contributed by atoms with van der Waals surface area (Å²) in [5.41, 5.74) is 3.84. The van der Waals surface area contributed by atoms with E-state index in [1.807, 2.05) is 48.5 Å². The van der Waals surface area contributed by atoms with Crippen molar-refractivity contribution in [2.75, 3.05) is 6.54 Å². The molecule has 0 aliphatic heterocycles. The minimum absolute atomic E-state index is 0.287. The lowest BCUT2D eigenvalue weighted by atomic mass is 10.2. The number of aromatic nitrogens is 2. The topological polar surface area (TPSA) is 49.9 Å². The van der Waals surface area contributed by atoms with Gasteiger partial charge >= 0.3 is 0 Å². The van der Waals surface area contributed by atoms with Crippen LogP contribution in [0.4, 0.5) is 4.39 Å². The average molecular weight is 410 g/mol. The van der Waals surface area contributed by atoms with Gasteiger partial charge in [-0.3, -0.25) is 0 Å². The maximum Gasteiger partial charge on any atom is 0.124 e. The highest BCUT2D eigenvalue weighted by Crippen LogP contribution is 2.22. The molecule has 3 aromatic carbocycles. The lowest BCUT2D eigenvalue weighted by Crippen LogP contribution is -2.17. The summed E-state index contributed by atoms with van der Waals surface area (Å²) in [6.07, 6.45) is 0.808. The van der Waals surface area contributed by atoms with Gasteiger partial charge in [0.15, 0.2) is 0 Å². The molecule has 6 heteroatoms. The molecule has 0 spiro atoms. The third-order valence-corrected chi connectivity index (χ3v) is 5.02. The van der Waals surface area contributed by atoms with E-state index in [0.29, 0.717) is 11.6 Å². The minimum Gasteiger partial charge on any atom is -0.489 e. The zero-order chi connectivity index (χ0) is 20.1. The highest BCUT2D eigenvalue weighted by Gasteiger charge is 2.07. The first-order chi connectivity index (χ1) is 14.2. The Morgan fingerprint density at radius 1 is 1.00 bits per heavy atom. The standard InChI is InChI=1S/C23H21ClFN3O/c24-19-13-18(25)10-9-17(19)15-29-22-8-4-1-5-16(22)14-26-12-11-23-27-20-6-2-3-7-21(20)28-23/h1-10,13,26H,11-12,14-15H2,(H,27,28). The Bertz CT molecular complexity index is 1080. The number of nitrogens with one attached hydrogen (secondary N) is 2. The van der Waals surface area contributed by atoms with Gasteiger partial charge in [0.25, 0.3) is 0 Å². The molecule has 1 heterocycles. The van der Waals surface area contributed by atoms with E-state index < -0.39 is 0 Å². The van der Waals surface area contributed by atoms with Crippen molar-refractivity contribution in [3.8, 4) is 5.75 Å². The van der Waals surface area contributed by atoms with E-state index in [1.54, 1.807) is 6.07 Å². The quantitative estimate of drug-likeness (QED) is 0.390.